The predicted molar refractivity (Wildman–Crippen MR) is 47.5 cm³/mol. The Morgan fingerprint density at radius 1 is 1.45 bits per heavy atom. The highest BCUT2D eigenvalue weighted by atomic mass is 32.2. The van der Waals surface area contributed by atoms with Crippen molar-refractivity contribution in [3.63, 3.8) is 0 Å². The maximum absolute atomic E-state index is 8.48. The van der Waals surface area contributed by atoms with Crippen LogP contribution in [0.5, 0.6) is 0 Å². The molecule has 2 heteroatoms. The van der Waals surface area contributed by atoms with Gasteiger partial charge in [-0.3, -0.25) is 0 Å². The topological polar surface area (TPSA) is 23.8 Å². The Labute approximate surface area is 71.0 Å². The normalized spacial score (nSPS) is 9.09. The molecule has 0 unspecified atom stereocenters. The van der Waals surface area contributed by atoms with Crippen molar-refractivity contribution >= 4 is 11.8 Å². The van der Waals surface area contributed by atoms with Crippen molar-refractivity contribution in [1.82, 2.24) is 0 Å². The van der Waals surface area contributed by atoms with Gasteiger partial charge < -0.3 is 0 Å². The molecule has 0 bridgehead atoms. The van der Waals surface area contributed by atoms with Gasteiger partial charge in [0.2, 0.25) is 0 Å². The second-order valence-electron chi connectivity index (χ2n) is 2.15. The van der Waals surface area contributed by atoms with Crippen molar-refractivity contribution < 1.29 is 0 Å². The average molecular weight is 163 g/mol. The van der Waals surface area contributed by atoms with Gasteiger partial charge >= 0.3 is 0 Å². The molecule has 0 aliphatic rings. The molecule has 0 saturated heterocycles. The zero-order valence-electron chi connectivity index (χ0n) is 6.37. The minimum Gasteiger partial charge on any atom is -0.198 e. The molecule has 0 spiro atoms. The minimum absolute atomic E-state index is 0.511. The first-order chi connectivity index (χ1) is 5.38. The van der Waals surface area contributed by atoms with E-state index in [1.165, 1.54) is 4.90 Å². The third-order valence-electron chi connectivity index (χ3n) is 1.46. The Hall–Kier alpha value is -0.940. The van der Waals surface area contributed by atoms with Crippen molar-refractivity contribution in [3.05, 3.63) is 29.8 Å². The third kappa shape index (κ3) is 1.99. The van der Waals surface area contributed by atoms with Gasteiger partial charge in [-0.2, -0.15) is 5.26 Å². The third-order valence-corrected chi connectivity index (χ3v) is 2.30. The molecule has 0 saturated carbocycles. The highest BCUT2D eigenvalue weighted by Gasteiger charge is 1.97. The lowest BCUT2D eigenvalue weighted by Crippen LogP contribution is -1.83. The molecule has 0 atom stereocenters. The molecule has 0 amide bonds. The van der Waals surface area contributed by atoms with Crippen LogP contribution in [0.25, 0.3) is 0 Å². The van der Waals surface area contributed by atoms with Gasteiger partial charge in [0.15, 0.2) is 0 Å². The van der Waals surface area contributed by atoms with Crippen LogP contribution in [0.1, 0.15) is 5.56 Å². The summed E-state index contributed by atoms with van der Waals surface area (Å²) >= 11 is 1.68. The van der Waals surface area contributed by atoms with Crippen LogP contribution in [0.3, 0.4) is 0 Å². The summed E-state index contributed by atoms with van der Waals surface area (Å²) in [6.07, 6.45) is 2.53. The second-order valence-corrected chi connectivity index (χ2v) is 2.99. The summed E-state index contributed by atoms with van der Waals surface area (Å²) < 4.78 is 0. The van der Waals surface area contributed by atoms with Crippen LogP contribution >= 0.6 is 11.8 Å². The molecule has 0 aliphatic carbocycles. The highest BCUT2D eigenvalue weighted by Crippen LogP contribution is 2.19. The summed E-state index contributed by atoms with van der Waals surface area (Å²) in [7, 11) is 0. The molecule has 1 aromatic rings. The maximum Gasteiger partial charge on any atom is 0.0670 e. The molecule has 1 nitrogen and oxygen atoms in total. The van der Waals surface area contributed by atoms with Gasteiger partial charge in [0.25, 0.3) is 0 Å². The summed E-state index contributed by atoms with van der Waals surface area (Å²) in [4.78, 5) is 1.20. The van der Waals surface area contributed by atoms with Crippen molar-refractivity contribution in [2.24, 2.45) is 0 Å². The Morgan fingerprint density at radius 2 is 2.18 bits per heavy atom. The quantitative estimate of drug-likeness (QED) is 0.625. The fourth-order valence-corrected chi connectivity index (χ4v) is 1.55. The van der Waals surface area contributed by atoms with E-state index in [0.29, 0.717) is 6.42 Å². The summed E-state index contributed by atoms with van der Waals surface area (Å²) in [5, 5.41) is 8.48. The minimum atomic E-state index is 0.511. The van der Waals surface area contributed by atoms with Crippen LogP contribution < -0.4 is 0 Å². The van der Waals surface area contributed by atoms with E-state index in [9.17, 15) is 0 Å². The Bertz CT molecular complexity index is 275. The highest BCUT2D eigenvalue weighted by molar-refractivity contribution is 7.98. The first kappa shape index (κ1) is 8.16. The van der Waals surface area contributed by atoms with Crippen LogP contribution in [0.4, 0.5) is 0 Å². The van der Waals surface area contributed by atoms with E-state index in [1.54, 1.807) is 11.8 Å². The van der Waals surface area contributed by atoms with E-state index in [1.807, 2.05) is 30.5 Å². The Kier molecular flexibility index (Phi) is 3.00. The molecular formula is C9H9NS. The van der Waals surface area contributed by atoms with Gasteiger partial charge in [-0.1, -0.05) is 18.2 Å². The number of thioether (sulfide) groups is 1. The van der Waals surface area contributed by atoms with Crippen LogP contribution in [0, 0.1) is 11.3 Å². The van der Waals surface area contributed by atoms with Crippen LogP contribution in [0.2, 0.25) is 0 Å². The molecule has 0 heterocycles. The van der Waals surface area contributed by atoms with Crippen molar-refractivity contribution in [3.8, 4) is 6.07 Å². The fraction of sp³-hybridized carbons (Fsp3) is 0.222. The first-order valence-corrected chi connectivity index (χ1v) is 4.60. The molecule has 1 rings (SSSR count). The van der Waals surface area contributed by atoms with Gasteiger partial charge in [-0.15, -0.1) is 11.8 Å². The fourth-order valence-electron chi connectivity index (χ4n) is 0.934. The molecule has 0 aromatic heterocycles. The first-order valence-electron chi connectivity index (χ1n) is 3.37. The van der Waals surface area contributed by atoms with E-state index in [4.69, 9.17) is 5.26 Å². The number of nitriles is 1. The van der Waals surface area contributed by atoms with Gasteiger partial charge in [0.1, 0.15) is 0 Å². The predicted octanol–water partition coefficient (Wildman–Crippen LogP) is 2.47. The zero-order chi connectivity index (χ0) is 8.10. The van der Waals surface area contributed by atoms with E-state index < -0.39 is 0 Å². The van der Waals surface area contributed by atoms with Gasteiger partial charge in [0.05, 0.1) is 12.5 Å². The zero-order valence-corrected chi connectivity index (χ0v) is 7.19. The lowest BCUT2D eigenvalue weighted by molar-refractivity contribution is 1.18. The van der Waals surface area contributed by atoms with Gasteiger partial charge in [-0.05, 0) is 17.9 Å². The van der Waals surface area contributed by atoms with E-state index in [0.717, 1.165) is 5.56 Å². The molecule has 0 aliphatic heterocycles. The average Bonchev–Trinajstić information content (AvgIpc) is 2.06. The Balaban J connectivity index is 2.94. The van der Waals surface area contributed by atoms with Crippen molar-refractivity contribution in [2.75, 3.05) is 6.26 Å². The molecule has 0 fully saturated rings. The lowest BCUT2D eigenvalue weighted by Gasteiger charge is -2.00. The monoisotopic (exact) mass is 163 g/mol. The molecule has 0 N–H and O–H groups in total. The number of nitrogens with zero attached hydrogens (tertiary/aromatic N) is 1. The summed E-state index contributed by atoms with van der Waals surface area (Å²) in [6.45, 7) is 0. The summed E-state index contributed by atoms with van der Waals surface area (Å²) in [5.74, 6) is 0. The summed E-state index contributed by atoms with van der Waals surface area (Å²) in [5.41, 5.74) is 1.13. The number of benzene rings is 1. The van der Waals surface area contributed by atoms with Gasteiger partial charge in [-0.25, -0.2) is 0 Å². The van der Waals surface area contributed by atoms with E-state index in [2.05, 4.69) is 6.07 Å². The molecule has 1 aromatic carbocycles. The lowest BCUT2D eigenvalue weighted by atomic mass is 10.2. The SMILES string of the molecule is CSc1ccccc1CC#N. The molecular weight excluding hydrogens is 154 g/mol. The largest absolute Gasteiger partial charge is 0.198 e. The standard InChI is InChI=1S/C9H9NS/c1-11-9-5-3-2-4-8(9)6-7-10/h2-5H,6H2,1H3. The van der Waals surface area contributed by atoms with Crippen LogP contribution in [0.15, 0.2) is 29.2 Å². The summed E-state index contributed by atoms with van der Waals surface area (Å²) in [6, 6.07) is 10.1. The number of rotatable bonds is 2. The van der Waals surface area contributed by atoms with Crippen molar-refractivity contribution in [1.29, 1.82) is 5.26 Å². The van der Waals surface area contributed by atoms with Crippen LogP contribution in [-0.2, 0) is 6.42 Å². The van der Waals surface area contributed by atoms with E-state index >= 15 is 0 Å². The second kappa shape index (κ2) is 4.05. The Morgan fingerprint density at radius 3 is 2.82 bits per heavy atom. The molecule has 11 heavy (non-hydrogen) atoms. The van der Waals surface area contributed by atoms with E-state index in [-0.39, 0.29) is 0 Å². The smallest absolute Gasteiger partial charge is 0.0670 e. The number of hydrogen-bond donors (Lipinski definition) is 0. The van der Waals surface area contributed by atoms with Gasteiger partial charge in [0, 0.05) is 4.90 Å². The van der Waals surface area contributed by atoms with Crippen molar-refractivity contribution in [2.45, 2.75) is 11.3 Å². The number of hydrogen-bond acceptors (Lipinski definition) is 2. The molecule has 56 valence electrons. The molecule has 0 radical (unpaired) electrons. The van der Waals surface area contributed by atoms with Crippen LogP contribution in [-0.4, -0.2) is 6.26 Å². The maximum atomic E-state index is 8.48.